The van der Waals surface area contributed by atoms with Crippen molar-refractivity contribution in [3.05, 3.63) is 29.3 Å². The zero-order valence-corrected chi connectivity index (χ0v) is 11.4. The molecule has 0 fully saturated rings. The molecule has 4 nitrogen and oxygen atoms in total. The molecule has 0 unspecified atom stereocenters. The van der Waals surface area contributed by atoms with Gasteiger partial charge in [-0.05, 0) is 37.0 Å². The standard InChI is InChI=1S/C15H19NO3/c1-3-19-15(18)6-4-5-11-7-8-13-12(9-11)10-14(17)16(13)2/h7-9H,3-6,10H2,1-2H3. The lowest BCUT2D eigenvalue weighted by molar-refractivity contribution is -0.143. The first-order valence-corrected chi connectivity index (χ1v) is 6.65. The lowest BCUT2D eigenvalue weighted by Crippen LogP contribution is -2.20. The van der Waals surface area contributed by atoms with Crippen LogP contribution < -0.4 is 4.90 Å². The van der Waals surface area contributed by atoms with Crippen LogP contribution >= 0.6 is 0 Å². The van der Waals surface area contributed by atoms with Crippen molar-refractivity contribution in [2.24, 2.45) is 0 Å². The predicted octanol–water partition coefficient (Wildman–Crippen LogP) is 2.09. The number of anilines is 1. The molecule has 19 heavy (non-hydrogen) atoms. The quantitative estimate of drug-likeness (QED) is 0.762. The monoisotopic (exact) mass is 261 g/mol. The Morgan fingerprint density at radius 1 is 1.42 bits per heavy atom. The molecular formula is C15H19NO3. The van der Waals surface area contributed by atoms with Crippen LogP contribution in [0.1, 0.15) is 30.9 Å². The summed E-state index contributed by atoms with van der Waals surface area (Å²) in [6, 6.07) is 6.08. The number of rotatable bonds is 5. The van der Waals surface area contributed by atoms with Crippen molar-refractivity contribution in [1.29, 1.82) is 0 Å². The minimum Gasteiger partial charge on any atom is -0.466 e. The van der Waals surface area contributed by atoms with Crippen molar-refractivity contribution in [1.82, 2.24) is 0 Å². The van der Waals surface area contributed by atoms with Gasteiger partial charge in [0.2, 0.25) is 5.91 Å². The third-order valence-corrected chi connectivity index (χ3v) is 3.37. The van der Waals surface area contributed by atoms with Crippen molar-refractivity contribution < 1.29 is 14.3 Å². The van der Waals surface area contributed by atoms with Gasteiger partial charge < -0.3 is 9.64 Å². The smallest absolute Gasteiger partial charge is 0.305 e. The highest BCUT2D eigenvalue weighted by atomic mass is 16.5. The maximum absolute atomic E-state index is 11.6. The summed E-state index contributed by atoms with van der Waals surface area (Å²) in [5.74, 6) is -0.00255. The number of carbonyl (C=O) groups is 2. The largest absolute Gasteiger partial charge is 0.466 e. The van der Waals surface area contributed by atoms with E-state index in [-0.39, 0.29) is 11.9 Å². The third kappa shape index (κ3) is 3.13. The normalized spacial score (nSPS) is 13.6. The molecule has 0 saturated carbocycles. The van der Waals surface area contributed by atoms with Gasteiger partial charge in [0.15, 0.2) is 0 Å². The molecule has 0 bridgehead atoms. The topological polar surface area (TPSA) is 46.6 Å². The Balaban J connectivity index is 1.91. The van der Waals surface area contributed by atoms with Crippen LogP contribution in [0.2, 0.25) is 0 Å². The summed E-state index contributed by atoms with van der Waals surface area (Å²) in [6.07, 6.45) is 2.55. The number of nitrogens with zero attached hydrogens (tertiary/aromatic N) is 1. The van der Waals surface area contributed by atoms with Gasteiger partial charge in [-0.3, -0.25) is 9.59 Å². The second-order valence-corrected chi connectivity index (χ2v) is 4.75. The zero-order valence-electron chi connectivity index (χ0n) is 11.4. The van der Waals surface area contributed by atoms with Crippen molar-refractivity contribution in [3.63, 3.8) is 0 Å². The number of carbonyl (C=O) groups excluding carboxylic acids is 2. The van der Waals surface area contributed by atoms with E-state index in [2.05, 4.69) is 6.07 Å². The highest BCUT2D eigenvalue weighted by Crippen LogP contribution is 2.28. The molecule has 1 amide bonds. The fraction of sp³-hybridized carbons (Fsp3) is 0.467. The Morgan fingerprint density at radius 3 is 2.95 bits per heavy atom. The van der Waals surface area contributed by atoms with E-state index in [1.165, 1.54) is 5.56 Å². The number of likely N-dealkylation sites (N-methyl/N-ethyl adjacent to an activating group) is 1. The summed E-state index contributed by atoms with van der Waals surface area (Å²) in [5, 5.41) is 0. The lowest BCUT2D eigenvalue weighted by Gasteiger charge is -2.10. The second-order valence-electron chi connectivity index (χ2n) is 4.75. The molecule has 1 aliphatic rings. The summed E-state index contributed by atoms with van der Waals surface area (Å²) in [5.41, 5.74) is 3.26. The molecule has 1 aromatic carbocycles. The number of hydrogen-bond acceptors (Lipinski definition) is 3. The SMILES string of the molecule is CCOC(=O)CCCc1ccc2c(c1)CC(=O)N2C. The number of benzene rings is 1. The van der Waals surface area contributed by atoms with Crippen LogP contribution in [0.3, 0.4) is 0 Å². The van der Waals surface area contributed by atoms with Crippen LogP contribution in [-0.4, -0.2) is 25.5 Å². The van der Waals surface area contributed by atoms with Crippen molar-refractivity contribution in [2.45, 2.75) is 32.6 Å². The minimum absolute atomic E-state index is 0.138. The Labute approximate surface area is 113 Å². The van der Waals surface area contributed by atoms with Gasteiger partial charge >= 0.3 is 5.97 Å². The van der Waals surface area contributed by atoms with Gasteiger partial charge in [-0.2, -0.15) is 0 Å². The van der Waals surface area contributed by atoms with Crippen molar-refractivity contribution >= 4 is 17.6 Å². The maximum Gasteiger partial charge on any atom is 0.305 e. The Kier molecular flexibility index (Phi) is 4.20. The molecule has 0 aliphatic carbocycles. The van der Waals surface area contributed by atoms with Crippen LogP contribution in [0.15, 0.2) is 18.2 Å². The third-order valence-electron chi connectivity index (χ3n) is 3.37. The molecule has 1 aliphatic heterocycles. The Morgan fingerprint density at radius 2 is 2.21 bits per heavy atom. The van der Waals surface area contributed by atoms with E-state index in [0.717, 1.165) is 24.1 Å². The molecule has 0 aromatic heterocycles. The van der Waals surface area contributed by atoms with Gasteiger partial charge in [0.05, 0.1) is 13.0 Å². The number of ether oxygens (including phenoxy) is 1. The molecule has 0 spiro atoms. The van der Waals surface area contributed by atoms with Gasteiger partial charge in [-0.1, -0.05) is 12.1 Å². The molecule has 0 radical (unpaired) electrons. The minimum atomic E-state index is -0.140. The van der Waals surface area contributed by atoms with Crippen LogP contribution in [0.4, 0.5) is 5.69 Å². The molecule has 1 heterocycles. The highest BCUT2D eigenvalue weighted by Gasteiger charge is 2.23. The average Bonchev–Trinajstić information content (AvgIpc) is 2.65. The molecular weight excluding hydrogens is 242 g/mol. The summed E-state index contributed by atoms with van der Waals surface area (Å²) in [7, 11) is 1.80. The molecule has 102 valence electrons. The van der Waals surface area contributed by atoms with Gasteiger partial charge in [0.25, 0.3) is 0 Å². The van der Waals surface area contributed by atoms with Crippen molar-refractivity contribution in [2.75, 3.05) is 18.6 Å². The number of fused-ring (bicyclic) bond motifs is 1. The van der Waals surface area contributed by atoms with E-state index in [4.69, 9.17) is 4.74 Å². The molecule has 0 atom stereocenters. The van der Waals surface area contributed by atoms with Gasteiger partial charge in [0.1, 0.15) is 0 Å². The van der Waals surface area contributed by atoms with Crippen LogP contribution in [0.25, 0.3) is 0 Å². The van der Waals surface area contributed by atoms with E-state index in [1.54, 1.807) is 11.9 Å². The Bertz CT molecular complexity index is 496. The summed E-state index contributed by atoms with van der Waals surface area (Å²) < 4.78 is 4.89. The van der Waals surface area contributed by atoms with Gasteiger partial charge in [-0.25, -0.2) is 0 Å². The summed E-state index contributed by atoms with van der Waals surface area (Å²) in [6.45, 7) is 2.25. The Hall–Kier alpha value is -1.84. The maximum atomic E-state index is 11.6. The summed E-state index contributed by atoms with van der Waals surface area (Å²) >= 11 is 0. The molecule has 2 rings (SSSR count). The van der Waals surface area contributed by atoms with E-state index >= 15 is 0 Å². The lowest BCUT2D eigenvalue weighted by atomic mass is 10.0. The summed E-state index contributed by atoms with van der Waals surface area (Å²) in [4.78, 5) is 24.5. The first-order valence-electron chi connectivity index (χ1n) is 6.65. The van der Waals surface area contributed by atoms with Crippen LogP contribution in [0, 0.1) is 0 Å². The van der Waals surface area contributed by atoms with Gasteiger partial charge in [0, 0.05) is 19.2 Å². The second kappa shape index (κ2) is 5.87. The van der Waals surface area contributed by atoms with Crippen molar-refractivity contribution in [3.8, 4) is 0 Å². The fourth-order valence-electron chi connectivity index (χ4n) is 2.35. The predicted molar refractivity (Wildman–Crippen MR) is 73.1 cm³/mol. The van der Waals surface area contributed by atoms with E-state index < -0.39 is 0 Å². The van der Waals surface area contributed by atoms with E-state index in [1.807, 2.05) is 19.1 Å². The number of aryl methyl sites for hydroxylation is 1. The number of esters is 1. The molecule has 0 saturated heterocycles. The first-order chi connectivity index (χ1) is 9.11. The van der Waals surface area contributed by atoms with Gasteiger partial charge in [-0.15, -0.1) is 0 Å². The highest BCUT2D eigenvalue weighted by molar-refractivity contribution is 6.00. The van der Waals surface area contributed by atoms with E-state index in [9.17, 15) is 9.59 Å². The number of amides is 1. The zero-order chi connectivity index (χ0) is 13.8. The van der Waals surface area contributed by atoms with Crippen LogP contribution in [0.5, 0.6) is 0 Å². The molecule has 0 N–H and O–H groups in total. The first kappa shape index (κ1) is 13.6. The fourth-order valence-corrected chi connectivity index (χ4v) is 2.35. The average molecular weight is 261 g/mol. The number of hydrogen-bond donors (Lipinski definition) is 0. The molecule has 4 heteroatoms. The van der Waals surface area contributed by atoms with Crippen LogP contribution in [-0.2, 0) is 27.2 Å². The molecule has 1 aromatic rings. The van der Waals surface area contributed by atoms with E-state index in [0.29, 0.717) is 19.4 Å².